The number of nitrogens with one attached hydrogen (secondary N) is 1. The van der Waals surface area contributed by atoms with Gasteiger partial charge in [0.2, 0.25) is 0 Å². The molecule has 19 heavy (non-hydrogen) atoms. The highest BCUT2D eigenvalue weighted by Crippen LogP contribution is 2.21. The fourth-order valence-corrected chi connectivity index (χ4v) is 2.61. The fourth-order valence-electron chi connectivity index (χ4n) is 2.61. The molecule has 2 rings (SSSR count). The molecule has 1 heterocycles. The minimum atomic E-state index is -0.545. The normalized spacial score (nSPS) is 18.5. The molecule has 0 spiro atoms. The van der Waals surface area contributed by atoms with E-state index >= 15 is 0 Å². The number of hydrazine groups is 1. The predicted octanol–water partition coefficient (Wildman–Crippen LogP) is 2.16. The predicted molar refractivity (Wildman–Crippen MR) is 69.3 cm³/mol. The van der Waals surface area contributed by atoms with Crippen LogP contribution in [0.4, 0.5) is 8.78 Å². The van der Waals surface area contributed by atoms with Crippen LogP contribution in [0.25, 0.3) is 0 Å². The molecule has 1 atom stereocenters. The Kier molecular flexibility index (Phi) is 5.24. The van der Waals surface area contributed by atoms with Crippen LogP contribution < -0.4 is 11.3 Å². The van der Waals surface area contributed by atoms with Gasteiger partial charge in [-0.1, -0.05) is 0 Å². The maximum Gasteiger partial charge on any atom is 0.126 e. The van der Waals surface area contributed by atoms with Gasteiger partial charge in [-0.05, 0) is 49.3 Å². The van der Waals surface area contributed by atoms with Crippen LogP contribution in [0.15, 0.2) is 18.2 Å². The first kappa shape index (κ1) is 14.4. The average Bonchev–Trinajstić information content (AvgIpc) is 2.38. The van der Waals surface area contributed by atoms with Crippen molar-refractivity contribution in [2.75, 3.05) is 13.2 Å². The van der Waals surface area contributed by atoms with E-state index in [1.54, 1.807) is 0 Å². The van der Waals surface area contributed by atoms with Crippen molar-refractivity contribution in [3.63, 3.8) is 0 Å². The van der Waals surface area contributed by atoms with E-state index < -0.39 is 11.6 Å². The highest BCUT2D eigenvalue weighted by molar-refractivity contribution is 5.19. The lowest BCUT2D eigenvalue weighted by Crippen LogP contribution is -2.39. The second kappa shape index (κ2) is 6.93. The van der Waals surface area contributed by atoms with Gasteiger partial charge in [-0.25, -0.2) is 8.78 Å². The Labute approximate surface area is 112 Å². The smallest absolute Gasteiger partial charge is 0.126 e. The molecule has 0 saturated carbocycles. The Morgan fingerprint density at radius 1 is 1.21 bits per heavy atom. The summed E-state index contributed by atoms with van der Waals surface area (Å²) in [5.74, 6) is 5.02. The maximum absolute atomic E-state index is 13.1. The van der Waals surface area contributed by atoms with E-state index in [0.717, 1.165) is 38.5 Å². The van der Waals surface area contributed by atoms with Gasteiger partial charge in [-0.3, -0.25) is 11.3 Å². The van der Waals surface area contributed by atoms with Gasteiger partial charge in [0.25, 0.3) is 0 Å². The minimum Gasteiger partial charge on any atom is -0.381 e. The zero-order valence-electron chi connectivity index (χ0n) is 10.9. The van der Waals surface area contributed by atoms with Crippen molar-refractivity contribution in [2.24, 2.45) is 11.8 Å². The molecule has 1 aliphatic rings. The van der Waals surface area contributed by atoms with E-state index in [4.69, 9.17) is 10.6 Å². The van der Waals surface area contributed by atoms with Crippen LogP contribution in [0.2, 0.25) is 0 Å². The van der Waals surface area contributed by atoms with Crippen LogP contribution in [0.1, 0.15) is 24.8 Å². The van der Waals surface area contributed by atoms with Gasteiger partial charge >= 0.3 is 0 Å². The van der Waals surface area contributed by atoms with Crippen molar-refractivity contribution in [1.29, 1.82) is 0 Å². The number of hydrogen-bond donors (Lipinski definition) is 2. The largest absolute Gasteiger partial charge is 0.381 e. The lowest BCUT2D eigenvalue weighted by molar-refractivity contribution is 0.0605. The molecule has 3 N–H and O–H groups in total. The number of nitrogens with two attached hydrogens (primary N) is 1. The quantitative estimate of drug-likeness (QED) is 0.636. The van der Waals surface area contributed by atoms with Crippen LogP contribution >= 0.6 is 0 Å². The van der Waals surface area contributed by atoms with Crippen LogP contribution in [0, 0.1) is 17.6 Å². The van der Waals surface area contributed by atoms with Crippen molar-refractivity contribution in [3.05, 3.63) is 35.4 Å². The Bertz CT molecular complexity index is 388. The first-order valence-electron chi connectivity index (χ1n) is 6.66. The van der Waals surface area contributed by atoms with Gasteiger partial charge < -0.3 is 4.74 Å². The highest BCUT2D eigenvalue weighted by atomic mass is 19.1. The van der Waals surface area contributed by atoms with Crippen LogP contribution in [0.5, 0.6) is 0 Å². The summed E-state index contributed by atoms with van der Waals surface area (Å²) in [4.78, 5) is 0. The van der Waals surface area contributed by atoms with E-state index in [2.05, 4.69) is 5.43 Å². The zero-order chi connectivity index (χ0) is 13.7. The molecule has 3 nitrogen and oxygen atoms in total. The molecular formula is C14H20F2N2O. The summed E-state index contributed by atoms with van der Waals surface area (Å²) in [7, 11) is 0. The second-order valence-corrected chi connectivity index (χ2v) is 5.14. The molecule has 0 aliphatic carbocycles. The van der Waals surface area contributed by atoms with E-state index in [1.807, 2.05) is 0 Å². The number of rotatable bonds is 5. The summed E-state index contributed by atoms with van der Waals surface area (Å²) in [6.07, 6.45) is 3.48. The van der Waals surface area contributed by atoms with Gasteiger partial charge in [0, 0.05) is 25.3 Å². The SMILES string of the molecule is NNC(Cc1cc(F)cc(F)c1)CC1CCOCC1. The number of halogens is 2. The summed E-state index contributed by atoms with van der Waals surface area (Å²) in [5, 5.41) is 0. The molecule has 1 aliphatic heterocycles. The van der Waals surface area contributed by atoms with E-state index in [9.17, 15) is 8.78 Å². The first-order valence-corrected chi connectivity index (χ1v) is 6.66. The molecule has 1 fully saturated rings. The second-order valence-electron chi connectivity index (χ2n) is 5.14. The third-order valence-corrected chi connectivity index (χ3v) is 3.60. The van der Waals surface area contributed by atoms with Crippen molar-refractivity contribution in [2.45, 2.75) is 31.7 Å². The van der Waals surface area contributed by atoms with Gasteiger partial charge in [0.15, 0.2) is 0 Å². The third kappa shape index (κ3) is 4.53. The molecular weight excluding hydrogens is 250 g/mol. The molecule has 106 valence electrons. The van der Waals surface area contributed by atoms with Crippen molar-refractivity contribution in [3.8, 4) is 0 Å². The van der Waals surface area contributed by atoms with E-state index in [-0.39, 0.29) is 6.04 Å². The van der Waals surface area contributed by atoms with Crippen molar-refractivity contribution < 1.29 is 13.5 Å². The Morgan fingerprint density at radius 2 is 1.84 bits per heavy atom. The lowest BCUT2D eigenvalue weighted by atomic mass is 9.90. The van der Waals surface area contributed by atoms with Crippen LogP contribution in [0.3, 0.4) is 0 Å². The standard InChI is InChI=1S/C14H20F2N2O/c15-12-5-11(6-13(16)9-12)8-14(18-17)7-10-1-3-19-4-2-10/h5-6,9-10,14,18H,1-4,7-8,17H2. The van der Waals surface area contributed by atoms with Crippen molar-refractivity contribution in [1.82, 2.24) is 5.43 Å². The first-order chi connectivity index (χ1) is 9.17. The maximum atomic E-state index is 13.1. The molecule has 0 amide bonds. The van der Waals surface area contributed by atoms with E-state index in [0.29, 0.717) is 17.9 Å². The average molecular weight is 270 g/mol. The molecule has 0 aromatic heterocycles. The summed E-state index contributed by atoms with van der Waals surface area (Å²) in [6.45, 7) is 1.58. The van der Waals surface area contributed by atoms with Crippen LogP contribution in [-0.4, -0.2) is 19.3 Å². The highest BCUT2D eigenvalue weighted by Gasteiger charge is 2.19. The minimum absolute atomic E-state index is 0.0318. The van der Waals surface area contributed by atoms with Gasteiger partial charge in [0.05, 0.1) is 0 Å². The van der Waals surface area contributed by atoms with Crippen LogP contribution in [-0.2, 0) is 11.2 Å². The topological polar surface area (TPSA) is 47.3 Å². The zero-order valence-corrected chi connectivity index (χ0v) is 10.9. The molecule has 0 bridgehead atoms. The third-order valence-electron chi connectivity index (χ3n) is 3.60. The Morgan fingerprint density at radius 3 is 2.42 bits per heavy atom. The summed E-state index contributed by atoms with van der Waals surface area (Å²) < 4.78 is 31.6. The molecule has 0 radical (unpaired) electrons. The molecule has 1 unspecified atom stereocenters. The van der Waals surface area contributed by atoms with Gasteiger partial charge in [0.1, 0.15) is 11.6 Å². The molecule has 1 aromatic rings. The fraction of sp³-hybridized carbons (Fsp3) is 0.571. The van der Waals surface area contributed by atoms with Crippen molar-refractivity contribution >= 4 is 0 Å². The lowest BCUT2D eigenvalue weighted by Gasteiger charge is -2.26. The molecule has 1 aromatic carbocycles. The monoisotopic (exact) mass is 270 g/mol. The number of benzene rings is 1. The summed E-state index contributed by atoms with van der Waals surface area (Å²) >= 11 is 0. The number of ether oxygens (including phenoxy) is 1. The van der Waals surface area contributed by atoms with Gasteiger partial charge in [-0.15, -0.1) is 0 Å². The van der Waals surface area contributed by atoms with E-state index in [1.165, 1.54) is 12.1 Å². The number of hydrogen-bond acceptors (Lipinski definition) is 3. The van der Waals surface area contributed by atoms with Gasteiger partial charge in [-0.2, -0.15) is 0 Å². The summed E-state index contributed by atoms with van der Waals surface area (Å²) in [6, 6.07) is 3.63. The molecule has 5 heteroatoms. The Hall–Kier alpha value is -1.04. The Balaban J connectivity index is 1.93. The molecule has 1 saturated heterocycles. The summed E-state index contributed by atoms with van der Waals surface area (Å²) in [5.41, 5.74) is 3.38.